The first kappa shape index (κ1) is 9.06. The Morgan fingerprint density at radius 2 is 2.50 bits per heavy atom. The van der Waals surface area contributed by atoms with Gasteiger partial charge in [0.05, 0.1) is 12.3 Å². The maximum Gasteiger partial charge on any atom is 0.420 e. The Bertz CT molecular complexity index is 296. The van der Waals surface area contributed by atoms with Gasteiger partial charge in [-0.1, -0.05) is 11.6 Å². The van der Waals surface area contributed by atoms with Crippen molar-refractivity contribution in [2.45, 2.75) is 13.8 Å². The summed E-state index contributed by atoms with van der Waals surface area (Å²) >= 11 is 5.74. The van der Waals surface area contributed by atoms with Crippen LogP contribution in [-0.4, -0.2) is 22.3 Å². The number of aromatic nitrogens is 2. The van der Waals surface area contributed by atoms with Crippen molar-refractivity contribution < 1.29 is 9.53 Å². The third kappa shape index (κ3) is 1.58. The van der Waals surface area contributed by atoms with E-state index in [2.05, 4.69) is 4.98 Å². The first-order valence-corrected chi connectivity index (χ1v) is 3.91. The van der Waals surface area contributed by atoms with Crippen molar-refractivity contribution in [1.29, 1.82) is 0 Å². The van der Waals surface area contributed by atoms with E-state index in [1.807, 2.05) is 0 Å². The Balaban J connectivity index is 2.88. The Kier molecular flexibility index (Phi) is 2.70. The predicted octanol–water partition coefficient (Wildman–Crippen LogP) is 1.85. The third-order valence-corrected chi connectivity index (χ3v) is 1.80. The minimum absolute atomic E-state index is 0.299. The van der Waals surface area contributed by atoms with Gasteiger partial charge < -0.3 is 4.74 Å². The summed E-state index contributed by atoms with van der Waals surface area (Å²) in [6, 6.07) is 0. The van der Waals surface area contributed by atoms with E-state index in [4.69, 9.17) is 16.3 Å². The number of rotatable bonds is 1. The molecule has 0 bridgehead atoms. The highest BCUT2D eigenvalue weighted by molar-refractivity contribution is 6.31. The van der Waals surface area contributed by atoms with Gasteiger partial charge in [0, 0.05) is 0 Å². The van der Waals surface area contributed by atoms with Crippen LogP contribution in [0.1, 0.15) is 12.6 Å². The molecule has 4 nitrogen and oxygen atoms in total. The Labute approximate surface area is 75.1 Å². The largest absolute Gasteiger partial charge is 0.449 e. The summed E-state index contributed by atoms with van der Waals surface area (Å²) in [4.78, 5) is 14.9. The van der Waals surface area contributed by atoms with E-state index in [1.165, 1.54) is 10.9 Å². The number of carbonyl (C=O) groups is 1. The zero-order chi connectivity index (χ0) is 9.14. The Morgan fingerprint density at radius 1 is 1.83 bits per heavy atom. The van der Waals surface area contributed by atoms with Gasteiger partial charge in [0.2, 0.25) is 0 Å². The van der Waals surface area contributed by atoms with Crippen LogP contribution in [0.15, 0.2) is 6.33 Å². The lowest BCUT2D eigenvalue weighted by Crippen LogP contribution is -2.12. The molecule has 0 saturated carbocycles. The van der Waals surface area contributed by atoms with E-state index in [1.54, 1.807) is 13.8 Å². The Hall–Kier alpha value is -1.03. The summed E-state index contributed by atoms with van der Waals surface area (Å²) in [5, 5.41) is 0.299. The quantitative estimate of drug-likeness (QED) is 0.676. The molecule has 5 heteroatoms. The first-order chi connectivity index (χ1) is 5.66. The molecule has 1 rings (SSSR count). The second kappa shape index (κ2) is 3.58. The van der Waals surface area contributed by atoms with E-state index >= 15 is 0 Å². The Morgan fingerprint density at radius 3 is 2.92 bits per heavy atom. The number of halogens is 1. The SMILES string of the molecule is CCOC(=O)n1cnc(C)c1Cl. The normalized spacial score (nSPS) is 9.92. The van der Waals surface area contributed by atoms with Gasteiger partial charge in [-0.05, 0) is 13.8 Å². The number of aryl methyl sites for hydroxylation is 1. The van der Waals surface area contributed by atoms with Crippen LogP contribution in [0.25, 0.3) is 0 Å². The average Bonchev–Trinajstić information content (AvgIpc) is 2.34. The molecule has 66 valence electrons. The molecule has 0 aliphatic rings. The molecule has 0 N–H and O–H groups in total. The topological polar surface area (TPSA) is 44.1 Å². The number of carbonyl (C=O) groups excluding carboxylic acids is 1. The van der Waals surface area contributed by atoms with Gasteiger partial charge in [-0.25, -0.2) is 14.3 Å². The summed E-state index contributed by atoms with van der Waals surface area (Å²) in [6.45, 7) is 3.78. The van der Waals surface area contributed by atoms with Crippen LogP contribution in [0.3, 0.4) is 0 Å². The van der Waals surface area contributed by atoms with Crippen LogP contribution in [-0.2, 0) is 4.74 Å². The van der Waals surface area contributed by atoms with E-state index in [-0.39, 0.29) is 0 Å². The van der Waals surface area contributed by atoms with Gasteiger partial charge in [-0.3, -0.25) is 0 Å². The van der Waals surface area contributed by atoms with Crippen LogP contribution < -0.4 is 0 Å². The highest BCUT2D eigenvalue weighted by Gasteiger charge is 2.11. The number of hydrogen-bond acceptors (Lipinski definition) is 3. The molecule has 0 radical (unpaired) electrons. The van der Waals surface area contributed by atoms with Gasteiger partial charge >= 0.3 is 6.09 Å². The molecule has 0 amide bonds. The molecular weight excluding hydrogens is 180 g/mol. The summed E-state index contributed by atoms with van der Waals surface area (Å²) < 4.78 is 5.89. The van der Waals surface area contributed by atoms with Gasteiger partial charge in [0.1, 0.15) is 11.5 Å². The average molecular weight is 189 g/mol. The third-order valence-electron chi connectivity index (χ3n) is 1.34. The second-order valence-corrected chi connectivity index (χ2v) is 2.55. The molecule has 0 unspecified atom stereocenters. The van der Waals surface area contributed by atoms with Crippen molar-refractivity contribution in [1.82, 2.24) is 9.55 Å². The molecule has 1 aromatic rings. The summed E-state index contributed by atoms with van der Waals surface area (Å²) in [7, 11) is 0. The van der Waals surface area contributed by atoms with Crippen LogP contribution in [0.2, 0.25) is 5.15 Å². The second-order valence-electron chi connectivity index (χ2n) is 2.19. The maximum atomic E-state index is 11.1. The van der Waals surface area contributed by atoms with Crippen molar-refractivity contribution in [2.24, 2.45) is 0 Å². The highest BCUT2D eigenvalue weighted by Crippen LogP contribution is 2.13. The summed E-state index contributed by atoms with van der Waals surface area (Å²) in [6.07, 6.45) is 0.846. The molecule has 0 aliphatic heterocycles. The van der Waals surface area contributed by atoms with E-state index < -0.39 is 6.09 Å². The summed E-state index contributed by atoms with van der Waals surface area (Å²) in [5.74, 6) is 0. The smallest absolute Gasteiger partial charge is 0.420 e. The lowest BCUT2D eigenvalue weighted by atomic mass is 10.6. The van der Waals surface area contributed by atoms with E-state index in [9.17, 15) is 4.79 Å². The summed E-state index contributed by atoms with van der Waals surface area (Å²) in [5.41, 5.74) is 0.615. The van der Waals surface area contributed by atoms with Crippen molar-refractivity contribution in [3.05, 3.63) is 17.2 Å². The number of ether oxygens (including phenoxy) is 1. The fourth-order valence-electron chi connectivity index (χ4n) is 0.743. The fraction of sp³-hybridized carbons (Fsp3) is 0.429. The molecular formula is C7H9ClN2O2. The number of nitrogens with zero attached hydrogens (tertiary/aromatic N) is 2. The first-order valence-electron chi connectivity index (χ1n) is 3.53. The van der Waals surface area contributed by atoms with Gasteiger partial charge in [-0.2, -0.15) is 0 Å². The zero-order valence-corrected chi connectivity index (χ0v) is 7.63. The molecule has 0 aromatic carbocycles. The minimum Gasteiger partial charge on any atom is -0.449 e. The highest BCUT2D eigenvalue weighted by atomic mass is 35.5. The molecule has 1 aromatic heterocycles. The molecule has 0 aliphatic carbocycles. The van der Waals surface area contributed by atoms with Gasteiger partial charge in [0.25, 0.3) is 0 Å². The number of imidazole rings is 1. The molecule has 0 fully saturated rings. The van der Waals surface area contributed by atoms with Gasteiger partial charge in [-0.15, -0.1) is 0 Å². The fourth-order valence-corrected chi connectivity index (χ4v) is 0.904. The van der Waals surface area contributed by atoms with E-state index in [0.717, 1.165) is 0 Å². The van der Waals surface area contributed by atoms with Crippen LogP contribution >= 0.6 is 11.6 Å². The predicted molar refractivity (Wildman–Crippen MR) is 44.4 cm³/mol. The maximum absolute atomic E-state index is 11.1. The van der Waals surface area contributed by atoms with Crippen molar-refractivity contribution >= 4 is 17.7 Å². The van der Waals surface area contributed by atoms with Crippen molar-refractivity contribution in [2.75, 3.05) is 6.61 Å². The lowest BCUT2D eigenvalue weighted by molar-refractivity contribution is 0.154. The molecule has 12 heavy (non-hydrogen) atoms. The minimum atomic E-state index is -0.497. The van der Waals surface area contributed by atoms with Gasteiger partial charge in [0.15, 0.2) is 0 Å². The van der Waals surface area contributed by atoms with Crippen molar-refractivity contribution in [3.63, 3.8) is 0 Å². The molecule has 0 spiro atoms. The molecule has 1 heterocycles. The van der Waals surface area contributed by atoms with Crippen LogP contribution in [0.4, 0.5) is 4.79 Å². The molecule has 0 saturated heterocycles. The monoisotopic (exact) mass is 188 g/mol. The van der Waals surface area contributed by atoms with Crippen LogP contribution in [0, 0.1) is 6.92 Å². The standard InChI is InChI=1S/C7H9ClN2O2/c1-3-12-7(11)10-4-9-5(2)6(10)8/h4H,3H2,1-2H3. The van der Waals surface area contributed by atoms with Crippen molar-refractivity contribution in [3.8, 4) is 0 Å². The zero-order valence-electron chi connectivity index (χ0n) is 6.87. The lowest BCUT2D eigenvalue weighted by Gasteiger charge is -2.01. The van der Waals surface area contributed by atoms with E-state index in [0.29, 0.717) is 17.5 Å². The number of hydrogen-bond donors (Lipinski definition) is 0. The van der Waals surface area contributed by atoms with Crippen LogP contribution in [0.5, 0.6) is 0 Å². The molecule has 0 atom stereocenters.